The SMILES string of the molecule is OCCCOc1cc(Br)c(OCCCO)cc1Br. The fourth-order valence-corrected chi connectivity index (χ4v) is 2.10. The molecule has 0 heterocycles. The predicted octanol–water partition coefficient (Wildman–Crippen LogP) is 2.73. The Bertz CT molecular complexity index is 336. The highest BCUT2D eigenvalue weighted by molar-refractivity contribution is 9.11. The van der Waals surface area contributed by atoms with Crippen molar-refractivity contribution in [2.75, 3.05) is 26.4 Å². The van der Waals surface area contributed by atoms with Crippen molar-refractivity contribution >= 4 is 31.9 Å². The summed E-state index contributed by atoms with van der Waals surface area (Å²) in [4.78, 5) is 0. The minimum absolute atomic E-state index is 0.112. The number of rotatable bonds is 8. The van der Waals surface area contributed by atoms with Gasteiger partial charge in [0.05, 0.1) is 22.2 Å². The van der Waals surface area contributed by atoms with Gasteiger partial charge in [-0.25, -0.2) is 0 Å². The smallest absolute Gasteiger partial charge is 0.134 e. The quantitative estimate of drug-likeness (QED) is 0.677. The number of ether oxygens (including phenoxy) is 2. The summed E-state index contributed by atoms with van der Waals surface area (Å²) >= 11 is 6.81. The first kappa shape index (κ1) is 15.8. The van der Waals surface area contributed by atoms with Crippen molar-refractivity contribution in [3.63, 3.8) is 0 Å². The zero-order valence-corrected chi connectivity index (χ0v) is 13.0. The zero-order valence-electron chi connectivity index (χ0n) is 9.86. The second-order valence-electron chi connectivity index (χ2n) is 3.56. The lowest BCUT2D eigenvalue weighted by molar-refractivity contribution is 0.229. The van der Waals surface area contributed by atoms with Crippen molar-refractivity contribution in [2.45, 2.75) is 12.8 Å². The number of aliphatic hydroxyl groups excluding tert-OH is 2. The highest BCUT2D eigenvalue weighted by Crippen LogP contribution is 2.36. The Morgan fingerprint density at radius 1 is 0.833 bits per heavy atom. The Balaban J connectivity index is 2.64. The van der Waals surface area contributed by atoms with Gasteiger partial charge in [0.1, 0.15) is 11.5 Å². The highest BCUT2D eigenvalue weighted by atomic mass is 79.9. The molecule has 2 N–H and O–H groups in total. The molecule has 0 fully saturated rings. The van der Waals surface area contributed by atoms with Crippen LogP contribution >= 0.6 is 31.9 Å². The molecule has 4 nitrogen and oxygen atoms in total. The van der Waals surface area contributed by atoms with Crippen LogP contribution in [-0.4, -0.2) is 36.6 Å². The molecule has 0 radical (unpaired) electrons. The van der Waals surface area contributed by atoms with Gasteiger partial charge in [0, 0.05) is 26.1 Å². The van der Waals surface area contributed by atoms with Crippen LogP contribution in [0.5, 0.6) is 11.5 Å². The van der Waals surface area contributed by atoms with E-state index in [0.717, 1.165) is 8.95 Å². The van der Waals surface area contributed by atoms with Crippen molar-refractivity contribution in [3.05, 3.63) is 21.1 Å². The van der Waals surface area contributed by atoms with Crippen LogP contribution in [0, 0.1) is 0 Å². The minimum atomic E-state index is 0.112. The number of hydrogen-bond donors (Lipinski definition) is 2. The zero-order chi connectivity index (χ0) is 13.4. The molecule has 0 amide bonds. The summed E-state index contributed by atoms with van der Waals surface area (Å²) in [5.74, 6) is 1.40. The van der Waals surface area contributed by atoms with Gasteiger partial charge < -0.3 is 19.7 Å². The van der Waals surface area contributed by atoms with Gasteiger partial charge in [0.2, 0.25) is 0 Å². The van der Waals surface area contributed by atoms with Gasteiger partial charge >= 0.3 is 0 Å². The van der Waals surface area contributed by atoms with Gasteiger partial charge in [-0.15, -0.1) is 0 Å². The molecule has 102 valence electrons. The normalized spacial score (nSPS) is 10.4. The van der Waals surface area contributed by atoms with E-state index < -0.39 is 0 Å². The summed E-state index contributed by atoms with van der Waals surface area (Å²) in [5, 5.41) is 17.4. The largest absolute Gasteiger partial charge is 0.492 e. The molecular weight excluding hydrogens is 368 g/mol. The summed E-state index contributed by atoms with van der Waals surface area (Å²) in [7, 11) is 0. The van der Waals surface area contributed by atoms with Gasteiger partial charge in [0.25, 0.3) is 0 Å². The van der Waals surface area contributed by atoms with Gasteiger partial charge in [-0.05, 0) is 44.0 Å². The minimum Gasteiger partial charge on any atom is -0.492 e. The monoisotopic (exact) mass is 382 g/mol. The molecule has 1 rings (SSSR count). The molecule has 18 heavy (non-hydrogen) atoms. The van der Waals surface area contributed by atoms with E-state index in [9.17, 15) is 0 Å². The summed E-state index contributed by atoms with van der Waals surface area (Å²) in [5.41, 5.74) is 0. The number of aliphatic hydroxyl groups is 2. The van der Waals surface area contributed by atoms with E-state index in [1.807, 2.05) is 12.1 Å². The lowest BCUT2D eigenvalue weighted by Gasteiger charge is -2.12. The predicted molar refractivity (Wildman–Crippen MR) is 76.2 cm³/mol. The van der Waals surface area contributed by atoms with Crippen molar-refractivity contribution < 1.29 is 19.7 Å². The molecule has 0 aliphatic carbocycles. The van der Waals surface area contributed by atoms with Gasteiger partial charge in [-0.1, -0.05) is 0 Å². The molecule has 0 atom stereocenters. The van der Waals surface area contributed by atoms with Crippen LogP contribution in [0.3, 0.4) is 0 Å². The Morgan fingerprint density at radius 2 is 1.22 bits per heavy atom. The number of halogens is 2. The molecule has 1 aromatic rings. The maximum atomic E-state index is 8.69. The van der Waals surface area contributed by atoms with Crippen LogP contribution in [0.4, 0.5) is 0 Å². The third kappa shape index (κ3) is 5.14. The molecular formula is C12H16Br2O4. The molecule has 0 unspecified atom stereocenters. The summed E-state index contributed by atoms with van der Waals surface area (Å²) in [6, 6.07) is 3.63. The third-order valence-electron chi connectivity index (χ3n) is 2.11. The maximum Gasteiger partial charge on any atom is 0.134 e. The Kier molecular flexibility index (Phi) is 7.65. The first-order valence-corrected chi connectivity index (χ1v) is 7.24. The molecule has 0 aliphatic heterocycles. The first-order valence-electron chi connectivity index (χ1n) is 5.65. The third-order valence-corrected chi connectivity index (χ3v) is 3.35. The van der Waals surface area contributed by atoms with E-state index >= 15 is 0 Å². The molecule has 0 saturated heterocycles. The van der Waals surface area contributed by atoms with E-state index in [1.54, 1.807) is 0 Å². The summed E-state index contributed by atoms with van der Waals surface area (Å²) < 4.78 is 12.6. The number of hydrogen-bond acceptors (Lipinski definition) is 4. The second-order valence-corrected chi connectivity index (χ2v) is 5.27. The molecule has 0 saturated carbocycles. The molecule has 0 aromatic heterocycles. The van der Waals surface area contributed by atoms with Gasteiger partial charge in [0.15, 0.2) is 0 Å². The van der Waals surface area contributed by atoms with E-state index in [2.05, 4.69) is 31.9 Å². The van der Waals surface area contributed by atoms with Crippen LogP contribution < -0.4 is 9.47 Å². The molecule has 0 spiro atoms. The maximum absolute atomic E-state index is 8.69. The molecule has 1 aromatic carbocycles. The van der Waals surface area contributed by atoms with Gasteiger partial charge in [-0.3, -0.25) is 0 Å². The van der Waals surface area contributed by atoms with Gasteiger partial charge in [-0.2, -0.15) is 0 Å². The topological polar surface area (TPSA) is 58.9 Å². The average Bonchev–Trinajstić information content (AvgIpc) is 2.35. The fourth-order valence-electron chi connectivity index (χ4n) is 1.22. The van der Waals surface area contributed by atoms with Crippen LogP contribution in [0.1, 0.15) is 12.8 Å². The Hall–Kier alpha value is -0.300. The van der Waals surface area contributed by atoms with E-state index in [1.165, 1.54) is 0 Å². The van der Waals surface area contributed by atoms with Crippen LogP contribution in [0.15, 0.2) is 21.1 Å². The van der Waals surface area contributed by atoms with E-state index in [4.69, 9.17) is 19.7 Å². The van der Waals surface area contributed by atoms with Crippen LogP contribution in [0.25, 0.3) is 0 Å². The molecule has 6 heteroatoms. The molecule has 0 aliphatic rings. The summed E-state index contributed by atoms with van der Waals surface area (Å²) in [6.45, 7) is 1.15. The lowest BCUT2D eigenvalue weighted by atomic mass is 10.3. The lowest BCUT2D eigenvalue weighted by Crippen LogP contribution is -2.02. The average molecular weight is 384 g/mol. The Morgan fingerprint density at radius 3 is 1.56 bits per heavy atom. The second kappa shape index (κ2) is 8.74. The van der Waals surface area contributed by atoms with Crippen LogP contribution in [0.2, 0.25) is 0 Å². The van der Waals surface area contributed by atoms with Crippen molar-refractivity contribution in [3.8, 4) is 11.5 Å². The first-order chi connectivity index (χ1) is 8.69. The standard InChI is InChI=1S/C12H16Br2O4/c13-9-8-12(18-6-2-4-16)10(14)7-11(9)17-5-1-3-15/h7-8,15-16H,1-6H2. The fraction of sp³-hybridized carbons (Fsp3) is 0.500. The van der Waals surface area contributed by atoms with Crippen LogP contribution in [-0.2, 0) is 0 Å². The van der Waals surface area contributed by atoms with E-state index in [0.29, 0.717) is 37.6 Å². The molecule has 0 bridgehead atoms. The number of benzene rings is 1. The summed E-state index contributed by atoms with van der Waals surface area (Å²) in [6.07, 6.45) is 1.19. The highest BCUT2D eigenvalue weighted by Gasteiger charge is 2.08. The Labute approximate surface area is 123 Å². The van der Waals surface area contributed by atoms with E-state index in [-0.39, 0.29) is 13.2 Å². The van der Waals surface area contributed by atoms with Crippen molar-refractivity contribution in [1.29, 1.82) is 0 Å². The van der Waals surface area contributed by atoms with Crippen molar-refractivity contribution in [1.82, 2.24) is 0 Å². The van der Waals surface area contributed by atoms with Crippen molar-refractivity contribution in [2.24, 2.45) is 0 Å².